The molecular weight excluding hydrogens is 428 g/mol. The van der Waals surface area contributed by atoms with Crippen LogP contribution in [0, 0.1) is 23.7 Å². The van der Waals surface area contributed by atoms with Gasteiger partial charge in [-0.2, -0.15) is 0 Å². The van der Waals surface area contributed by atoms with Gasteiger partial charge in [0.1, 0.15) is 17.1 Å². The first-order valence-corrected chi connectivity index (χ1v) is 11.7. The summed E-state index contributed by atoms with van der Waals surface area (Å²) in [6, 6.07) is 15.1. The summed E-state index contributed by atoms with van der Waals surface area (Å²) in [5.74, 6) is -0.526. The molecular formula is C29H30O5. The number of ketones is 2. The molecule has 4 aliphatic rings. The SMILES string of the molecule is COc1ccc(C2=C[C@@]3(c4ccc(OC)cc4)[C@@H]4C(=O)[C@](C)(O)[C@@H](C=C4C(C)C)[C@H]3C2=O)cc1. The van der Waals surface area contributed by atoms with E-state index >= 15 is 0 Å². The number of hydrogen-bond donors (Lipinski definition) is 1. The van der Waals surface area contributed by atoms with Gasteiger partial charge in [0.05, 0.1) is 20.1 Å². The number of carbonyl (C=O) groups excluding carboxylic acids is 2. The lowest BCUT2D eigenvalue weighted by molar-refractivity contribution is -0.161. The smallest absolute Gasteiger partial charge is 0.173 e. The monoisotopic (exact) mass is 458 g/mol. The number of methoxy groups -OCH3 is 2. The maximum Gasteiger partial charge on any atom is 0.173 e. The van der Waals surface area contributed by atoms with Gasteiger partial charge in [-0.05, 0) is 48.2 Å². The Labute approximate surface area is 200 Å². The van der Waals surface area contributed by atoms with E-state index in [0.29, 0.717) is 17.1 Å². The number of Topliss-reactive ketones (excluding diaryl/α,β-unsaturated/α-hetero) is 2. The summed E-state index contributed by atoms with van der Waals surface area (Å²) in [5, 5.41) is 11.4. The second-order valence-corrected chi connectivity index (χ2v) is 10.1. The van der Waals surface area contributed by atoms with Crippen LogP contribution in [0.4, 0.5) is 0 Å². The van der Waals surface area contributed by atoms with E-state index in [9.17, 15) is 14.7 Å². The van der Waals surface area contributed by atoms with Crippen LogP contribution in [0.25, 0.3) is 5.57 Å². The van der Waals surface area contributed by atoms with E-state index in [1.165, 1.54) is 0 Å². The van der Waals surface area contributed by atoms with E-state index < -0.39 is 28.8 Å². The van der Waals surface area contributed by atoms with Crippen LogP contribution in [0.15, 0.2) is 66.3 Å². The van der Waals surface area contributed by atoms with Gasteiger partial charge in [0.2, 0.25) is 0 Å². The van der Waals surface area contributed by atoms with Crippen molar-refractivity contribution in [3.05, 3.63) is 77.4 Å². The van der Waals surface area contributed by atoms with E-state index in [0.717, 1.165) is 16.7 Å². The van der Waals surface area contributed by atoms with E-state index in [1.54, 1.807) is 21.1 Å². The minimum atomic E-state index is -1.59. The van der Waals surface area contributed by atoms with Crippen LogP contribution in [-0.2, 0) is 15.0 Å². The molecule has 34 heavy (non-hydrogen) atoms. The third-order valence-corrected chi connectivity index (χ3v) is 8.06. The molecule has 5 nitrogen and oxygen atoms in total. The predicted molar refractivity (Wildman–Crippen MR) is 130 cm³/mol. The molecule has 4 aliphatic carbocycles. The molecule has 0 amide bonds. The molecule has 2 bridgehead atoms. The van der Waals surface area contributed by atoms with Crippen molar-refractivity contribution in [2.24, 2.45) is 23.7 Å². The summed E-state index contributed by atoms with van der Waals surface area (Å²) >= 11 is 0. The summed E-state index contributed by atoms with van der Waals surface area (Å²) in [4.78, 5) is 27.9. The zero-order chi connectivity index (χ0) is 24.4. The molecule has 0 spiro atoms. The minimum Gasteiger partial charge on any atom is -0.497 e. The van der Waals surface area contributed by atoms with Crippen LogP contribution >= 0.6 is 0 Å². The molecule has 1 N–H and O–H groups in total. The Morgan fingerprint density at radius 3 is 2.00 bits per heavy atom. The second-order valence-electron chi connectivity index (χ2n) is 10.1. The van der Waals surface area contributed by atoms with Crippen molar-refractivity contribution in [1.82, 2.24) is 0 Å². The number of hydrogen-bond acceptors (Lipinski definition) is 5. The fourth-order valence-electron chi connectivity index (χ4n) is 6.33. The first-order chi connectivity index (χ1) is 16.2. The van der Waals surface area contributed by atoms with Gasteiger partial charge in [0.25, 0.3) is 0 Å². The van der Waals surface area contributed by atoms with Crippen LogP contribution in [-0.4, -0.2) is 36.5 Å². The molecule has 6 rings (SSSR count). The van der Waals surface area contributed by atoms with Gasteiger partial charge < -0.3 is 14.6 Å². The number of carbonyl (C=O) groups is 2. The van der Waals surface area contributed by atoms with Gasteiger partial charge in [-0.25, -0.2) is 0 Å². The fraction of sp³-hybridized carbons (Fsp3) is 0.379. The summed E-state index contributed by atoms with van der Waals surface area (Å²) < 4.78 is 10.6. The number of allylic oxidation sites excluding steroid dienone is 3. The van der Waals surface area contributed by atoms with Crippen LogP contribution in [0.2, 0.25) is 0 Å². The lowest BCUT2D eigenvalue weighted by atomic mass is 9.44. The number of aliphatic hydroxyl groups is 1. The third kappa shape index (κ3) is 2.89. The highest BCUT2D eigenvalue weighted by molar-refractivity contribution is 6.26. The summed E-state index contributed by atoms with van der Waals surface area (Å²) in [5.41, 5.74) is 0.793. The molecule has 5 atom stereocenters. The Morgan fingerprint density at radius 1 is 0.912 bits per heavy atom. The molecule has 0 heterocycles. The Kier molecular flexibility index (Phi) is 5.10. The van der Waals surface area contributed by atoms with Crippen molar-refractivity contribution in [2.75, 3.05) is 14.2 Å². The normalized spacial score (nSPS) is 31.9. The van der Waals surface area contributed by atoms with Crippen LogP contribution < -0.4 is 9.47 Å². The van der Waals surface area contributed by atoms with E-state index in [1.807, 2.05) is 60.7 Å². The van der Waals surface area contributed by atoms with Crippen LogP contribution in [0.1, 0.15) is 31.9 Å². The lowest BCUT2D eigenvalue weighted by Gasteiger charge is -2.57. The molecule has 0 radical (unpaired) electrons. The molecule has 0 unspecified atom stereocenters. The predicted octanol–water partition coefficient (Wildman–Crippen LogP) is 4.39. The number of ether oxygens (including phenoxy) is 2. The van der Waals surface area contributed by atoms with E-state index in [-0.39, 0.29) is 17.5 Å². The van der Waals surface area contributed by atoms with E-state index in [2.05, 4.69) is 13.8 Å². The fourth-order valence-corrected chi connectivity index (χ4v) is 6.33. The molecule has 0 aliphatic heterocycles. The largest absolute Gasteiger partial charge is 0.497 e. The topological polar surface area (TPSA) is 72.8 Å². The van der Waals surface area contributed by atoms with Crippen molar-refractivity contribution in [1.29, 1.82) is 0 Å². The summed E-state index contributed by atoms with van der Waals surface area (Å²) in [7, 11) is 3.21. The maximum atomic E-state index is 14.1. The van der Waals surface area contributed by atoms with Crippen LogP contribution in [0.3, 0.4) is 0 Å². The van der Waals surface area contributed by atoms with Gasteiger partial charge in [0, 0.05) is 22.8 Å². The highest BCUT2D eigenvalue weighted by Crippen LogP contribution is 2.64. The second kappa shape index (κ2) is 7.67. The Morgan fingerprint density at radius 2 is 1.47 bits per heavy atom. The standard InChI is InChI=1S/C29H30O5/c1-16(2)21-14-23-25-26(30)22(17-6-10-19(33-4)11-7-17)15-29(25,24(21)27(31)28(23,3)32)18-8-12-20(34-5)13-9-18/h6-16,23-25,32H,1-5H3/t23-,24-,25-,28+,29+/m0/s1. The summed E-state index contributed by atoms with van der Waals surface area (Å²) in [6.45, 7) is 5.70. The van der Waals surface area contributed by atoms with Crippen molar-refractivity contribution < 1.29 is 24.2 Å². The van der Waals surface area contributed by atoms with Crippen molar-refractivity contribution in [3.8, 4) is 11.5 Å². The molecule has 0 aromatic heterocycles. The maximum absolute atomic E-state index is 14.1. The first kappa shape index (κ1) is 22.6. The molecule has 1 saturated carbocycles. The zero-order valence-electron chi connectivity index (χ0n) is 20.2. The van der Waals surface area contributed by atoms with Gasteiger partial charge in [-0.3, -0.25) is 9.59 Å². The molecule has 2 aromatic carbocycles. The minimum absolute atomic E-state index is 0.0391. The quantitative estimate of drug-likeness (QED) is 0.673. The average Bonchev–Trinajstić information content (AvgIpc) is 3.16. The van der Waals surface area contributed by atoms with Gasteiger partial charge >= 0.3 is 0 Å². The van der Waals surface area contributed by atoms with Crippen molar-refractivity contribution >= 4 is 17.1 Å². The van der Waals surface area contributed by atoms with Gasteiger partial charge in [0.15, 0.2) is 11.6 Å². The lowest BCUT2D eigenvalue weighted by Crippen LogP contribution is -2.66. The molecule has 2 aromatic rings. The molecule has 5 heteroatoms. The van der Waals surface area contributed by atoms with E-state index in [4.69, 9.17) is 9.47 Å². The highest BCUT2D eigenvalue weighted by Gasteiger charge is 2.70. The summed E-state index contributed by atoms with van der Waals surface area (Å²) in [6.07, 6.45) is 4.01. The Hall–Kier alpha value is -3.18. The first-order valence-electron chi connectivity index (χ1n) is 11.7. The zero-order valence-corrected chi connectivity index (χ0v) is 20.2. The molecule has 176 valence electrons. The Bertz CT molecular complexity index is 1220. The van der Waals surface area contributed by atoms with Crippen molar-refractivity contribution in [3.63, 3.8) is 0 Å². The van der Waals surface area contributed by atoms with Crippen molar-refractivity contribution in [2.45, 2.75) is 31.8 Å². The van der Waals surface area contributed by atoms with Crippen LogP contribution in [0.5, 0.6) is 11.5 Å². The highest BCUT2D eigenvalue weighted by atomic mass is 16.5. The number of fused-ring (bicyclic) bond motifs is 1. The molecule has 0 saturated heterocycles. The van der Waals surface area contributed by atoms with Gasteiger partial charge in [-0.1, -0.05) is 55.8 Å². The average molecular weight is 459 g/mol. The number of rotatable bonds is 5. The third-order valence-electron chi connectivity index (χ3n) is 8.06. The van der Waals surface area contributed by atoms with Gasteiger partial charge in [-0.15, -0.1) is 0 Å². The number of benzene rings is 2. The molecule has 1 fully saturated rings. The Balaban J connectivity index is 1.78.